The Morgan fingerprint density at radius 1 is 1.07 bits per heavy atom. The molecule has 2 N–H and O–H groups in total. The van der Waals surface area contributed by atoms with Crippen molar-refractivity contribution in [2.24, 2.45) is 0 Å². The summed E-state index contributed by atoms with van der Waals surface area (Å²) in [5.41, 5.74) is 1.45. The highest BCUT2D eigenvalue weighted by Gasteiger charge is 1.99. The first-order valence-electron chi connectivity index (χ1n) is 4.79. The van der Waals surface area contributed by atoms with E-state index < -0.39 is 0 Å². The molecular formula is C11H14N2O2. The number of amides is 2. The largest absolute Gasteiger partial charge is 0.326 e. The second-order valence-electron chi connectivity index (χ2n) is 3.16. The lowest BCUT2D eigenvalue weighted by Crippen LogP contribution is -2.09. The van der Waals surface area contributed by atoms with Crippen LogP contribution in [-0.4, -0.2) is 11.8 Å². The lowest BCUT2D eigenvalue weighted by molar-refractivity contribution is -0.116. The van der Waals surface area contributed by atoms with Crippen molar-refractivity contribution in [1.29, 1.82) is 0 Å². The number of benzene rings is 1. The van der Waals surface area contributed by atoms with Crippen molar-refractivity contribution in [3.63, 3.8) is 0 Å². The number of hydrogen-bond acceptors (Lipinski definition) is 2. The number of carbonyl (C=O) groups is 2. The van der Waals surface area contributed by atoms with E-state index in [2.05, 4.69) is 10.6 Å². The molecule has 0 atom stereocenters. The molecule has 1 aromatic carbocycles. The lowest BCUT2D eigenvalue weighted by Gasteiger charge is -2.05. The van der Waals surface area contributed by atoms with Crippen LogP contribution in [0.15, 0.2) is 24.3 Å². The Labute approximate surface area is 88.7 Å². The van der Waals surface area contributed by atoms with Crippen molar-refractivity contribution in [3.05, 3.63) is 24.3 Å². The second-order valence-corrected chi connectivity index (χ2v) is 3.16. The molecule has 0 unspecified atom stereocenters. The summed E-state index contributed by atoms with van der Waals surface area (Å²) in [7, 11) is 0. The van der Waals surface area contributed by atoms with Gasteiger partial charge < -0.3 is 10.6 Å². The van der Waals surface area contributed by atoms with Crippen LogP contribution in [0.25, 0.3) is 0 Å². The topological polar surface area (TPSA) is 58.2 Å². The van der Waals surface area contributed by atoms with E-state index in [0.717, 1.165) is 11.4 Å². The summed E-state index contributed by atoms with van der Waals surface area (Å²) >= 11 is 0. The first-order chi connectivity index (χ1) is 7.11. The van der Waals surface area contributed by atoms with E-state index in [0.29, 0.717) is 6.42 Å². The Kier molecular flexibility index (Phi) is 3.85. The fourth-order valence-electron chi connectivity index (χ4n) is 1.09. The number of rotatable bonds is 3. The van der Waals surface area contributed by atoms with Crippen LogP contribution in [0.2, 0.25) is 0 Å². The monoisotopic (exact) mass is 206 g/mol. The minimum absolute atomic E-state index is 0.0257. The van der Waals surface area contributed by atoms with Gasteiger partial charge in [0.1, 0.15) is 0 Å². The van der Waals surface area contributed by atoms with E-state index in [1.54, 1.807) is 31.2 Å². The molecule has 1 aromatic rings. The Hall–Kier alpha value is -1.84. The van der Waals surface area contributed by atoms with E-state index in [-0.39, 0.29) is 11.8 Å². The lowest BCUT2D eigenvalue weighted by atomic mass is 10.2. The molecule has 4 heteroatoms. The first kappa shape index (κ1) is 11.2. The van der Waals surface area contributed by atoms with E-state index in [4.69, 9.17) is 0 Å². The molecule has 0 bridgehead atoms. The molecule has 15 heavy (non-hydrogen) atoms. The smallest absolute Gasteiger partial charge is 0.224 e. The third kappa shape index (κ3) is 3.81. The van der Waals surface area contributed by atoms with Gasteiger partial charge in [0.15, 0.2) is 0 Å². The van der Waals surface area contributed by atoms with Crippen molar-refractivity contribution in [2.75, 3.05) is 10.6 Å². The van der Waals surface area contributed by atoms with Gasteiger partial charge in [-0.3, -0.25) is 9.59 Å². The number of nitrogens with one attached hydrogen (secondary N) is 2. The van der Waals surface area contributed by atoms with Crippen molar-refractivity contribution in [3.8, 4) is 0 Å². The van der Waals surface area contributed by atoms with Gasteiger partial charge in [0, 0.05) is 24.7 Å². The maximum absolute atomic E-state index is 11.1. The first-order valence-corrected chi connectivity index (χ1v) is 4.79. The minimum Gasteiger partial charge on any atom is -0.326 e. The van der Waals surface area contributed by atoms with Crippen LogP contribution in [0.3, 0.4) is 0 Å². The highest BCUT2D eigenvalue weighted by atomic mass is 16.2. The van der Waals surface area contributed by atoms with Gasteiger partial charge in [0.25, 0.3) is 0 Å². The van der Waals surface area contributed by atoms with Crippen LogP contribution in [-0.2, 0) is 9.59 Å². The van der Waals surface area contributed by atoms with E-state index in [1.807, 2.05) is 0 Å². The van der Waals surface area contributed by atoms with Crippen LogP contribution >= 0.6 is 0 Å². The molecule has 4 nitrogen and oxygen atoms in total. The van der Waals surface area contributed by atoms with Gasteiger partial charge >= 0.3 is 0 Å². The molecule has 0 aliphatic rings. The van der Waals surface area contributed by atoms with Crippen molar-refractivity contribution < 1.29 is 9.59 Å². The molecule has 1 rings (SSSR count). The average Bonchev–Trinajstić information content (AvgIpc) is 2.20. The van der Waals surface area contributed by atoms with Crippen LogP contribution in [0.1, 0.15) is 20.3 Å². The zero-order valence-corrected chi connectivity index (χ0v) is 8.83. The van der Waals surface area contributed by atoms with Crippen molar-refractivity contribution in [2.45, 2.75) is 20.3 Å². The Morgan fingerprint density at radius 3 is 1.93 bits per heavy atom. The molecule has 0 saturated carbocycles. The van der Waals surface area contributed by atoms with E-state index in [1.165, 1.54) is 6.92 Å². The normalized spacial score (nSPS) is 9.47. The third-order valence-electron chi connectivity index (χ3n) is 1.81. The molecule has 0 aliphatic carbocycles. The predicted octanol–water partition coefficient (Wildman–Crippen LogP) is 1.99. The quantitative estimate of drug-likeness (QED) is 0.794. The molecule has 80 valence electrons. The van der Waals surface area contributed by atoms with Crippen molar-refractivity contribution >= 4 is 23.2 Å². The summed E-state index contributed by atoms with van der Waals surface area (Å²) in [6.45, 7) is 3.24. The zero-order valence-electron chi connectivity index (χ0n) is 8.83. The highest BCUT2D eigenvalue weighted by molar-refractivity contribution is 5.91. The third-order valence-corrected chi connectivity index (χ3v) is 1.81. The summed E-state index contributed by atoms with van der Waals surface area (Å²) in [5.74, 6) is -0.136. The summed E-state index contributed by atoms with van der Waals surface area (Å²) in [4.78, 5) is 21.8. The van der Waals surface area contributed by atoms with Crippen molar-refractivity contribution in [1.82, 2.24) is 0 Å². The molecule has 0 aliphatic heterocycles. The summed E-state index contributed by atoms with van der Waals surface area (Å²) in [5, 5.41) is 5.37. The second kappa shape index (κ2) is 5.14. The SMILES string of the molecule is CCC(=O)Nc1ccc(NC(C)=O)cc1. The standard InChI is InChI=1S/C11H14N2O2/c1-3-11(15)13-10-6-4-9(5-7-10)12-8(2)14/h4-7H,3H2,1-2H3,(H,12,14)(H,13,15). The Balaban J connectivity index is 2.64. The van der Waals surface area contributed by atoms with Crippen LogP contribution < -0.4 is 10.6 Å². The van der Waals surface area contributed by atoms with Gasteiger partial charge in [-0.2, -0.15) is 0 Å². The maximum Gasteiger partial charge on any atom is 0.224 e. The van der Waals surface area contributed by atoms with Crippen LogP contribution in [0, 0.1) is 0 Å². The summed E-state index contributed by atoms with van der Waals surface area (Å²) in [6.07, 6.45) is 0.452. The highest BCUT2D eigenvalue weighted by Crippen LogP contribution is 2.13. The molecule has 0 heterocycles. The van der Waals surface area contributed by atoms with Gasteiger partial charge in [-0.05, 0) is 24.3 Å². The van der Waals surface area contributed by atoms with Gasteiger partial charge in [-0.1, -0.05) is 6.92 Å². The fourth-order valence-corrected chi connectivity index (χ4v) is 1.09. The molecule has 2 amide bonds. The van der Waals surface area contributed by atoms with Gasteiger partial charge in [-0.15, -0.1) is 0 Å². The van der Waals surface area contributed by atoms with Gasteiger partial charge in [0.2, 0.25) is 11.8 Å². The number of anilines is 2. The maximum atomic E-state index is 11.1. The summed E-state index contributed by atoms with van der Waals surface area (Å²) < 4.78 is 0. The van der Waals surface area contributed by atoms with Crippen LogP contribution in [0.4, 0.5) is 11.4 Å². The van der Waals surface area contributed by atoms with Gasteiger partial charge in [0.05, 0.1) is 0 Å². The Morgan fingerprint density at radius 2 is 1.53 bits per heavy atom. The Bertz CT molecular complexity index is 357. The average molecular weight is 206 g/mol. The molecule has 0 fully saturated rings. The molecule has 0 spiro atoms. The number of hydrogen-bond donors (Lipinski definition) is 2. The van der Waals surface area contributed by atoms with E-state index in [9.17, 15) is 9.59 Å². The summed E-state index contributed by atoms with van der Waals surface area (Å²) in [6, 6.07) is 6.98. The molecule has 0 radical (unpaired) electrons. The van der Waals surface area contributed by atoms with E-state index >= 15 is 0 Å². The minimum atomic E-state index is -0.111. The molecule has 0 aromatic heterocycles. The molecular weight excluding hydrogens is 192 g/mol. The van der Waals surface area contributed by atoms with Gasteiger partial charge in [-0.25, -0.2) is 0 Å². The van der Waals surface area contributed by atoms with Crippen LogP contribution in [0.5, 0.6) is 0 Å². The zero-order chi connectivity index (χ0) is 11.3. The predicted molar refractivity (Wildman–Crippen MR) is 59.7 cm³/mol. The fraction of sp³-hybridized carbons (Fsp3) is 0.273. The number of carbonyl (C=O) groups excluding carboxylic acids is 2. The molecule has 0 saturated heterocycles.